The summed E-state index contributed by atoms with van der Waals surface area (Å²) in [6, 6.07) is 2.34. The van der Waals surface area contributed by atoms with Gasteiger partial charge in [-0.3, -0.25) is 0 Å². The first-order chi connectivity index (χ1) is 13.3. The van der Waals surface area contributed by atoms with Gasteiger partial charge in [0.05, 0.1) is 16.7 Å². The van der Waals surface area contributed by atoms with Gasteiger partial charge in [0, 0.05) is 32.4 Å². The van der Waals surface area contributed by atoms with Crippen LogP contribution in [-0.4, -0.2) is 70.3 Å². The third-order valence-corrected chi connectivity index (χ3v) is 8.28. The highest BCUT2D eigenvalue weighted by Crippen LogP contribution is 2.33. The summed E-state index contributed by atoms with van der Waals surface area (Å²) in [6.45, 7) is 2.35. The number of hydrogen-bond donors (Lipinski definition) is 2. The van der Waals surface area contributed by atoms with Crippen molar-refractivity contribution >= 4 is 26.9 Å². The van der Waals surface area contributed by atoms with Gasteiger partial charge >= 0.3 is 0 Å². The van der Waals surface area contributed by atoms with Crippen LogP contribution in [0.3, 0.4) is 0 Å². The number of H-pyrrole nitrogens is 1. The molecular weight excluding hydrogens is 378 g/mol. The molecule has 1 saturated heterocycles. The summed E-state index contributed by atoms with van der Waals surface area (Å²) in [4.78, 5) is 14.0. The third kappa shape index (κ3) is 3.88. The molecule has 1 saturated carbocycles. The lowest BCUT2D eigenvalue weighted by atomic mass is 9.86. The monoisotopic (exact) mass is 407 g/mol. The highest BCUT2D eigenvalue weighted by atomic mass is 32.2. The van der Waals surface area contributed by atoms with Crippen LogP contribution in [0, 0.1) is 5.92 Å². The predicted molar refractivity (Wildman–Crippen MR) is 109 cm³/mol. The molecule has 4 rings (SSSR count). The van der Waals surface area contributed by atoms with Crippen LogP contribution in [0.2, 0.25) is 0 Å². The molecule has 0 radical (unpaired) electrons. The Kier molecular flexibility index (Phi) is 5.09. The number of fused-ring (bicyclic) bond motifs is 1. The lowest BCUT2D eigenvalue weighted by molar-refractivity contribution is 0.0762. The summed E-state index contributed by atoms with van der Waals surface area (Å²) in [5.74, 6) is 1.29. The van der Waals surface area contributed by atoms with Crippen molar-refractivity contribution in [1.29, 1.82) is 0 Å². The van der Waals surface area contributed by atoms with Gasteiger partial charge in [0.2, 0.25) is 10.0 Å². The fourth-order valence-corrected chi connectivity index (χ4v) is 6.54. The van der Waals surface area contributed by atoms with Crippen molar-refractivity contribution in [2.24, 2.45) is 5.92 Å². The zero-order valence-corrected chi connectivity index (χ0v) is 17.3. The average Bonchev–Trinajstić information content (AvgIpc) is 3.27. The first-order valence-corrected chi connectivity index (χ1v) is 11.6. The van der Waals surface area contributed by atoms with E-state index >= 15 is 0 Å². The lowest BCUT2D eigenvalue weighted by Gasteiger charge is -2.35. The van der Waals surface area contributed by atoms with Crippen LogP contribution in [0.15, 0.2) is 18.6 Å². The van der Waals surface area contributed by atoms with Gasteiger partial charge in [0.25, 0.3) is 0 Å². The molecule has 8 nitrogen and oxygen atoms in total. The third-order valence-electron chi connectivity index (χ3n) is 6.29. The Balaban J connectivity index is 1.36. The molecule has 2 fully saturated rings. The highest BCUT2D eigenvalue weighted by Gasteiger charge is 2.39. The van der Waals surface area contributed by atoms with E-state index in [0.717, 1.165) is 42.5 Å². The maximum atomic E-state index is 12.7. The lowest BCUT2D eigenvalue weighted by Crippen LogP contribution is -2.40. The minimum atomic E-state index is -3.31. The molecule has 3 heterocycles. The largest absolute Gasteiger partial charge is 0.389 e. The fourth-order valence-electron chi connectivity index (χ4n) is 4.56. The van der Waals surface area contributed by atoms with E-state index in [9.17, 15) is 13.5 Å². The van der Waals surface area contributed by atoms with Crippen LogP contribution in [-0.2, 0) is 10.0 Å². The maximum Gasteiger partial charge on any atom is 0.214 e. The summed E-state index contributed by atoms with van der Waals surface area (Å²) in [5, 5.41) is 11.1. The summed E-state index contributed by atoms with van der Waals surface area (Å²) >= 11 is 0. The van der Waals surface area contributed by atoms with Gasteiger partial charge in [0.15, 0.2) is 0 Å². The molecular formula is C19H29N5O3S. The van der Waals surface area contributed by atoms with E-state index in [2.05, 4.69) is 26.9 Å². The van der Waals surface area contributed by atoms with E-state index in [0.29, 0.717) is 19.0 Å². The van der Waals surface area contributed by atoms with Gasteiger partial charge in [-0.05, 0) is 51.0 Å². The molecule has 1 aliphatic heterocycles. The second-order valence-corrected chi connectivity index (χ2v) is 10.6. The SMILES string of the molecule is CN(c1ncnc2[nH]ccc12)[C@H]1CC[C@H](CS(=O)(=O)N2CCC(C)(O)C2)CC1. The first kappa shape index (κ1) is 19.6. The summed E-state index contributed by atoms with van der Waals surface area (Å²) in [7, 11) is -1.25. The molecule has 0 bridgehead atoms. The topological polar surface area (TPSA) is 102 Å². The van der Waals surface area contributed by atoms with Crippen molar-refractivity contribution in [2.75, 3.05) is 30.8 Å². The van der Waals surface area contributed by atoms with Crippen molar-refractivity contribution in [3.8, 4) is 0 Å². The van der Waals surface area contributed by atoms with E-state index in [4.69, 9.17) is 0 Å². The Morgan fingerprint density at radius 3 is 2.75 bits per heavy atom. The van der Waals surface area contributed by atoms with Crippen LogP contribution in [0.1, 0.15) is 39.0 Å². The predicted octanol–water partition coefficient (Wildman–Crippen LogP) is 1.74. The number of aliphatic hydroxyl groups is 1. The molecule has 28 heavy (non-hydrogen) atoms. The quantitative estimate of drug-likeness (QED) is 0.783. The number of aromatic amines is 1. The number of nitrogens with one attached hydrogen (secondary N) is 1. The van der Waals surface area contributed by atoms with Gasteiger partial charge in [-0.2, -0.15) is 4.31 Å². The number of anilines is 1. The van der Waals surface area contributed by atoms with E-state index in [-0.39, 0.29) is 18.2 Å². The molecule has 2 N–H and O–H groups in total. The smallest absolute Gasteiger partial charge is 0.214 e. The van der Waals surface area contributed by atoms with Crippen LogP contribution in [0.4, 0.5) is 5.82 Å². The van der Waals surface area contributed by atoms with Crippen molar-refractivity contribution in [2.45, 2.75) is 50.7 Å². The molecule has 2 aromatic heterocycles. The van der Waals surface area contributed by atoms with Crippen molar-refractivity contribution in [3.63, 3.8) is 0 Å². The second kappa shape index (κ2) is 7.27. The van der Waals surface area contributed by atoms with Crippen LogP contribution >= 0.6 is 0 Å². The van der Waals surface area contributed by atoms with E-state index < -0.39 is 15.6 Å². The van der Waals surface area contributed by atoms with E-state index in [1.807, 2.05) is 12.3 Å². The van der Waals surface area contributed by atoms with Crippen LogP contribution in [0.5, 0.6) is 0 Å². The Bertz CT molecular complexity index is 934. The molecule has 0 aromatic carbocycles. The Morgan fingerprint density at radius 2 is 2.07 bits per heavy atom. The van der Waals surface area contributed by atoms with Gasteiger partial charge < -0.3 is 15.0 Å². The van der Waals surface area contributed by atoms with Crippen molar-refractivity contribution < 1.29 is 13.5 Å². The zero-order chi connectivity index (χ0) is 19.9. The number of aromatic nitrogens is 3. The molecule has 2 aliphatic rings. The second-order valence-electron chi connectivity index (χ2n) is 8.58. The minimum Gasteiger partial charge on any atom is -0.389 e. The van der Waals surface area contributed by atoms with E-state index in [1.54, 1.807) is 13.3 Å². The molecule has 0 amide bonds. The molecule has 154 valence electrons. The molecule has 0 spiro atoms. The summed E-state index contributed by atoms with van der Waals surface area (Å²) in [5.41, 5.74) is -0.0627. The molecule has 9 heteroatoms. The fraction of sp³-hybridized carbons (Fsp3) is 0.684. The Morgan fingerprint density at radius 1 is 1.32 bits per heavy atom. The number of hydrogen-bond acceptors (Lipinski definition) is 6. The Labute approximate surface area is 166 Å². The van der Waals surface area contributed by atoms with Gasteiger partial charge in [-0.25, -0.2) is 18.4 Å². The van der Waals surface area contributed by atoms with Crippen molar-refractivity contribution in [3.05, 3.63) is 18.6 Å². The van der Waals surface area contributed by atoms with Crippen LogP contribution in [0.25, 0.3) is 11.0 Å². The summed E-state index contributed by atoms with van der Waals surface area (Å²) < 4.78 is 26.9. The van der Waals surface area contributed by atoms with Crippen LogP contribution < -0.4 is 4.90 Å². The van der Waals surface area contributed by atoms with E-state index in [1.165, 1.54) is 4.31 Å². The molecule has 1 unspecified atom stereocenters. The summed E-state index contributed by atoms with van der Waals surface area (Å²) in [6.07, 6.45) is 7.63. The first-order valence-electron chi connectivity index (χ1n) is 9.96. The van der Waals surface area contributed by atoms with Gasteiger partial charge in [-0.1, -0.05) is 0 Å². The highest BCUT2D eigenvalue weighted by molar-refractivity contribution is 7.89. The molecule has 1 aliphatic carbocycles. The number of nitrogens with zero attached hydrogens (tertiary/aromatic N) is 4. The maximum absolute atomic E-state index is 12.7. The number of sulfonamides is 1. The number of rotatable bonds is 5. The Hall–Kier alpha value is -1.71. The molecule has 2 aromatic rings. The normalized spacial score (nSPS) is 29.4. The standard InChI is InChI=1S/C19H29N5O3S/c1-19(25)8-10-24(12-19)28(26,27)11-14-3-5-15(6-4-14)23(2)18-16-7-9-20-17(16)21-13-22-18/h7,9,13-15,25H,3-6,8,10-12H2,1-2H3,(H,20,21,22)/t14-,15-,19?. The zero-order valence-electron chi connectivity index (χ0n) is 16.5. The van der Waals surface area contributed by atoms with Gasteiger partial charge in [0.1, 0.15) is 17.8 Å². The van der Waals surface area contributed by atoms with Crippen molar-refractivity contribution in [1.82, 2.24) is 19.3 Å². The van der Waals surface area contributed by atoms with Gasteiger partial charge in [-0.15, -0.1) is 0 Å². The minimum absolute atomic E-state index is 0.179. The average molecular weight is 408 g/mol. The molecule has 1 atom stereocenters. The number of β-amino-alcohol motifs (C(OH)–C–C–N with tert-alkyl or cyclic N) is 1.